The van der Waals surface area contributed by atoms with Crippen molar-refractivity contribution >= 4 is 23.0 Å². The zero-order chi connectivity index (χ0) is 21.1. The van der Waals surface area contributed by atoms with Crippen molar-refractivity contribution in [3.63, 3.8) is 0 Å². The number of halogens is 1. The Kier molecular flexibility index (Phi) is 5.54. The number of carbonyl (C=O) groups excluding carboxylic acids is 1. The first-order chi connectivity index (χ1) is 14.5. The molecule has 4 rings (SSSR count). The fourth-order valence-corrected chi connectivity index (χ4v) is 3.23. The van der Waals surface area contributed by atoms with Crippen LogP contribution >= 0.6 is 11.6 Å². The smallest absolute Gasteiger partial charge is 0.277 e. The first kappa shape index (κ1) is 19.7. The Balaban J connectivity index is 1.50. The summed E-state index contributed by atoms with van der Waals surface area (Å²) in [5.74, 6) is 0.461. The first-order valence-corrected chi connectivity index (χ1v) is 9.66. The number of nitrogens with zero attached hydrogens (tertiary/aromatic N) is 3. The zero-order valence-corrected chi connectivity index (χ0v) is 17.0. The molecule has 7 nitrogen and oxygen atoms in total. The van der Waals surface area contributed by atoms with Crippen LogP contribution in [-0.2, 0) is 17.9 Å². The van der Waals surface area contributed by atoms with Crippen LogP contribution in [0.4, 0.5) is 0 Å². The van der Waals surface area contributed by atoms with Crippen molar-refractivity contribution in [2.24, 2.45) is 0 Å². The lowest BCUT2D eigenvalue weighted by molar-refractivity contribution is -0.121. The van der Waals surface area contributed by atoms with Gasteiger partial charge in [0.05, 0.1) is 12.8 Å². The summed E-state index contributed by atoms with van der Waals surface area (Å²) in [7, 11) is 1.59. The van der Waals surface area contributed by atoms with Gasteiger partial charge in [-0.1, -0.05) is 35.9 Å². The van der Waals surface area contributed by atoms with Gasteiger partial charge < -0.3 is 14.6 Å². The summed E-state index contributed by atoms with van der Waals surface area (Å²) in [6.07, 6.45) is 3.21. The normalized spacial score (nSPS) is 10.9. The van der Waals surface area contributed by atoms with Crippen molar-refractivity contribution in [1.82, 2.24) is 19.5 Å². The van der Waals surface area contributed by atoms with E-state index in [2.05, 4.69) is 10.4 Å². The van der Waals surface area contributed by atoms with E-state index in [9.17, 15) is 9.59 Å². The van der Waals surface area contributed by atoms with E-state index in [0.29, 0.717) is 22.8 Å². The van der Waals surface area contributed by atoms with Crippen molar-refractivity contribution in [1.29, 1.82) is 0 Å². The summed E-state index contributed by atoms with van der Waals surface area (Å²) in [6, 6.07) is 16.4. The molecule has 4 aromatic rings. The predicted octanol–water partition coefficient (Wildman–Crippen LogP) is 3.14. The number of rotatable bonds is 6. The fraction of sp³-hybridized carbons (Fsp3) is 0.136. The lowest BCUT2D eigenvalue weighted by Gasteiger charge is -2.08. The Morgan fingerprint density at radius 3 is 2.70 bits per heavy atom. The minimum atomic E-state index is -0.290. The highest BCUT2D eigenvalue weighted by atomic mass is 35.5. The second kappa shape index (κ2) is 8.42. The lowest BCUT2D eigenvalue weighted by Crippen LogP contribution is -2.32. The maximum atomic E-state index is 12.8. The van der Waals surface area contributed by atoms with Gasteiger partial charge in [-0.2, -0.15) is 5.10 Å². The molecule has 2 aromatic heterocycles. The molecule has 0 unspecified atom stereocenters. The Labute approximate surface area is 177 Å². The Morgan fingerprint density at radius 2 is 1.93 bits per heavy atom. The Hall–Kier alpha value is -3.58. The number of benzene rings is 2. The molecule has 0 saturated carbocycles. The van der Waals surface area contributed by atoms with Crippen LogP contribution in [0.2, 0.25) is 5.02 Å². The number of carbonyl (C=O) groups is 1. The molecular weight excluding hydrogens is 404 g/mol. The first-order valence-electron chi connectivity index (χ1n) is 9.28. The maximum Gasteiger partial charge on any atom is 0.277 e. The molecule has 1 N–H and O–H groups in total. The molecule has 0 fully saturated rings. The fourth-order valence-electron chi connectivity index (χ4n) is 3.11. The molecule has 2 aromatic carbocycles. The van der Waals surface area contributed by atoms with E-state index in [1.165, 1.54) is 9.08 Å². The van der Waals surface area contributed by atoms with E-state index < -0.39 is 0 Å². The van der Waals surface area contributed by atoms with Crippen LogP contribution in [0.15, 0.2) is 71.8 Å². The third kappa shape index (κ3) is 4.21. The molecule has 152 valence electrons. The van der Waals surface area contributed by atoms with Crippen molar-refractivity contribution in [2.75, 3.05) is 7.11 Å². The van der Waals surface area contributed by atoms with Crippen molar-refractivity contribution < 1.29 is 9.53 Å². The van der Waals surface area contributed by atoms with Gasteiger partial charge >= 0.3 is 0 Å². The van der Waals surface area contributed by atoms with E-state index in [1.807, 2.05) is 36.4 Å². The molecule has 2 heterocycles. The monoisotopic (exact) mass is 422 g/mol. The molecular formula is C22H19ClN4O3. The zero-order valence-electron chi connectivity index (χ0n) is 16.2. The molecule has 0 radical (unpaired) electrons. The molecule has 1 amide bonds. The van der Waals surface area contributed by atoms with Crippen LogP contribution in [0, 0.1) is 0 Å². The summed E-state index contributed by atoms with van der Waals surface area (Å²) in [5, 5.41) is 7.88. The number of ether oxygens (including phenoxy) is 1. The SMILES string of the molecule is COc1cccc(CNC(=O)Cn2ccn3nc(-c4ccc(Cl)cc4)cc3c2=O)c1. The number of aromatic nitrogens is 3. The summed E-state index contributed by atoms with van der Waals surface area (Å²) < 4.78 is 8.06. The second-order valence-electron chi connectivity index (χ2n) is 6.73. The minimum absolute atomic E-state index is 0.0826. The van der Waals surface area contributed by atoms with Crippen LogP contribution in [0.25, 0.3) is 16.8 Å². The second-order valence-corrected chi connectivity index (χ2v) is 7.16. The maximum absolute atomic E-state index is 12.8. The van der Waals surface area contributed by atoms with Gasteiger partial charge in [0.2, 0.25) is 5.91 Å². The highest BCUT2D eigenvalue weighted by Gasteiger charge is 2.11. The minimum Gasteiger partial charge on any atom is -0.497 e. The van der Waals surface area contributed by atoms with E-state index in [0.717, 1.165) is 16.9 Å². The Morgan fingerprint density at radius 1 is 1.13 bits per heavy atom. The van der Waals surface area contributed by atoms with Gasteiger partial charge in [-0.25, -0.2) is 4.52 Å². The lowest BCUT2D eigenvalue weighted by atomic mass is 10.1. The molecule has 0 saturated heterocycles. The van der Waals surface area contributed by atoms with E-state index >= 15 is 0 Å². The highest BCUT2D eigenvalue weighted by molar-refractivity contribution is 6.30. The molecule has 0 aliphatic rings. The summed E-state index contributed by atoms with van der Waals surface area (Å²) >= 11 is 5.93. The van der Waals surface area contributed by atoms with Gasteiger partial charge in [0.15, 0.2) is 0 Å². The molecule has 30 heavy (non-hydrogen) atoms. The molecule has 0 atom stereocenters. The summed E-state index contributed by atoms with van der Waals surface area (Å²) in [6.45, 7) is 0.265. The standard InChI is InChI=1S/C22H19ClN4O3/c1-30-18-4-2-3-15(11-18)13-24-21(28)14-26-9-10-27-20(22(26)29)12-19(25-27)16-5-7-17(23)8-6-16/h2-12H,13-14H2,1H3,(H,24,28). The number of methoxy groups -OCH3 is 1. The number of hydrogen-bond acceptors (Lipinski definition) is 4. The average molecular weight is 423 g/mol. The van der Waals surface area contributed by atoms with E-state index in [-0.39, 0.29) is 18.0 Å². The molecule has 0 aliphatic carbocycles. The van der Waals surface area contributed by atoms with Crippen LogP contribution in [0.3, 0.4) is 0 Å². The molecule has 0 spiro atoms. The van der Waals surface area contributed by atoms with Gasteiger partial charge in [0.25, 0.3) is 5.56 Å². The van der Waals surface area contributed by atoms with Gasteiger partial charge in [-0.15, -0.1) is 0 Å². The summed E-state index contributed by atoms with van der Waals surface area (Å²) in [4.78, 5) is 25.2. The van der Waals surface area contributed by atoms with Gasteiger partial charge in [-0.3, -0.25) is 9.59 Å². The van der Waals surface area contributed by atoms with Gasteiger partial charge in [-0.05, 0) is 35.9 Å². The van der Waals surface area contributed by atoms with Crippen molar-refractivity contribution in [3.8, 4) is 17.0 Å². The number of hydrogen-bond donors (Lipinski definition) is 1. The van der Waals surface area contributed by atoms with Crippen LogP contribution in [0.1, 0.15) is 5.56 Å². The van der Waals surface area contributed by atoms with Crippen LogP contribution in [0.5, 0.6) is 5.75 Å². The predicted molar refractivity (Wildman–Crippen MR) is 115 cm³/mol. The molecule has 8 heteroatoms. The third-order valence-electron chi connectivity index (χ3n) is 4.68. The molecule has 0 bridgehead atoms. The quantitative estimate of drug-likeness (QED) is 0.518. The average Bonchev–Trinajstić information content (AvgIpc) is 3.20. The number of fused-ring (bicyclic) bond motifs is 1. The summed E-state index contributed by atoms with van der Waals surface area (Å²) in [5.41, 5.74) is 2.52. The Bertz CT molecular complexity index is 1260. The van der Waals surface area contributed by atoms with Crippen LogP contribution < -0.4 is 15.6 Å². The highest BCUT2D eigenvalue weighted by Crippen LogP contribution is 2.20. The van der Waals surface area contributed by atoms with E-state index in [4.69, 9.17) is 16.3 Å². The number of amides is 1. The van der Waals surface area contributed by atoms with Crippen molar-refractivity contribution in [3.05, 3.63) is 87.9 Å². The van der Waals surface area contributed by atoms with Crippen LogP contribution in [-0.4, -0.2) is 27.2 Å². The topological polar surface area (TPSA) is 77.6 Å². The molecule has 0 aliphatic heterocycles. The van der Waals surface area contributed by atoms with E-state index in [1.54, 1.807) is 37.7 Å². The van der Waals surface area contributed by atoms with Crippen molar-refractivity contribution in [2.45, 2.75) is 13.1 Å². The van der Waals surface area contributed by atoms with Gasteiger partial charge in [0.1, 0.15) is 17.8 Å². The van der Waals surface area contributed by atoms with Gasteiger partial charge in [0, 0.05) is 29.5 Å². The number of nitrogens with one attached hydrogen (secondary N) is 1. The third-order valence-corrected chi connectivity index (χ3v) is 4.93. The largest absolute Gasteiger partial charge is 0.497 e.